The Kier molecular flexibility index (Phi) is 5.48. The van der Waals surface area contributed by atoms with Gasteiger partial charge in [0.1, 0.15) is 6.29 Å². The summed E-state index contributed by atoms with van der Waals surface area (Å²) in [5.74, 6) is 0. The quantitative estimate of drug-likeness (QED) is 0.335. The summed E-state index contributed by atoms with van der Waals surface area (Å²) in [7, 11) is -2.26. The third-order valence-corrected chi connectivity index (χ3v) is 2.02. The van der Waals surface area contributed by atoms with E-state index in [9.17, 15) is 13.2 Å². The maximum atomic E-state index is 10.5. The summed E-state index contributed by atoms with van der Waals surface area (Å²) in [5, 5.41) is 0. The third-order valence-electron chi connectivity index (χ3n) is 1.40. The van der Waals surface area contributed by atoms with Crippen LogP contribution < -0.4 is 29.6 Å². The van der Waals surface area contributed by atoms with Gasteiger partial charge >= 0.3 is 29.6 Å². The van der Waals surface area contributed by atoms with Crippen LogP contribution in [0.15, 0.2) is 23.1 Å². The Morgan fingerprint density at radius 2 is 1.85 bits per heavy atom. The van der Waals surface area contributed by atoms with Crippen LogP contribution in [0.25, 0.3) is 0 Å². The van der Waals surface area contributed by atoms with Crippen molar-refractivity contribution in [3.05, 3.63) is 29.3 Å². The van der Waals surface area contributed by atoms with Crippen molar-refractivity contribution in [2.45, 2.75) is 11.8 Å². The van der Waals surface area contributed by atoms with Gasteiger partial charge < -0.3 is 8.42 Å². The SMILES string of the molecule is Cc1cc(C=O)cc([S-](=O)=O)c1.[Na+]. The number of benzene rings is 1. The Bertz CT molecular complexity index is 377. The maximum Gasteiger partial charge on any atom is 1.00 e. The summed E-state index contributed by atoms with van der Waals surface area (Å²) in [6, 6.07) is 4.47. The average Bonchev–Trinajstić information content (AvgIpc) is 2.03. The van der Waals surface area contributed by atoms with E-state index in [0.29, 0.717) is 11.8 Å². The minimum Gasteiger partial charge on any atom is -0.420 e. The molecule has 0 amide bonds. The Labute approximate surface area is 100 Å². The van der Waals surface area contributed by atoms with E-state index in [4.69, 9.17) is 0 Å². The first kappa shape index (κ1) is 12.8. The Hall–Kier alpha value is -0.160. The average molecular weight is 206 g/mol. The number of hydrogen-bond acceptors (Lipinski definition) is 4. The monoisotopic (exact) mass is 206 g/mol. The van der Waals surface area contributed by atoms with Crippen LogP contribution in [0.3, 0.4) is 0 Å². The van der Waals surface area contributed by atoms with Gasteiger partial charge in [-0.3, -0.25) is 4.79 Å². The molecule has 0 radical (unpaired) electrons. The molecule has 0 aliphatic heterocycles. The van der Waals surface area contributed by atoms with Gasteiger partial charge in [0.15, 0.2) is 0 Å². The molecule has 0 N–H and O–H groups in total. The standard InChI is InChI=1S/C8H7O3S.Na/c1-6-2-7(5-9)4-8(3-6)12(10)11;/h2-5H,1H3;/q-1;+1. The second kappa shape index (κ2) is 5.54. The van der Waals surface area contributed by atoms with Gasteiger partial charge in [0.2, 0.25) is 0 Å². The zero-order valence-electron chi connectivity index (χ0n) is 7.44. The van der Waals surface area contributed by atoms with Crippen LogP contribution in [0.2, 0.25) is 0 Å². The van der Waals surface area contributed by atoms with Crippen molar-refractivity contribution in [1.82, 2.24) is 0 Å². The second-order valence-electron chi connectivity index (χ2n) is 2.43. The van der Waals surface area contributed by atoms with E-state index in [-0.39, 0.29) is 34.5 Å². The van der Waals surface area contributed by atoms with Crippen molar-refractivity contribution in [2.75, 3.05) is 0 Å². The van der Waals surface area contributed by atoms with E-state index in [0.717, 1.165) is 5.56 Å². The predicted octanol–water partition coefficient (Wildman–Crippen LogP) is -1.52. The molecular weight excluding hydrogens is 199 g/mol. The van der Waals surface area contributed by atoms with E-state index in [1.165, 1.54) is 12.1 Å². The molecule has 0 aromatic heterocycles. The van der Waals surface area contributed by atoms with E-state index in [1.807, 2.05) is 0 Å². The number of hydrogen-bond donors (Lipinski definition) is 0. The van der Waals surface area contributed by atoms with Crippen LogP contribution in [0.4, 0.5) is 0 Å². The zero-order chi connectivity index (χ0) is 9.14. The van der Waals surface area contributed by atoms with Gasteiger partial charge in [-0.25, -0.2) is 0 Å². The van der Waals surface area contributed by atoms with Crippen molar-refractivity contribution in [2.24, 2.45) is 0 Å². The van der Waals surface area contributed by atoms with E-state index in [2.05, 4.69) is 0 Å². The van der Waals surface area contributed by atoms with Crippen LogP contribution in [-0.2, 0) is 19.1 Å². The molecule has 3 nitrogen and oxygen atoms in total. The minimum atomic E-state index is -2.26. The topological polar surface area (TPSA) is 51.2 Å². The molecular formula is C8H7NaO3S. The molecule has 0 aliphatic carbocycles. The molecule has 0 heterocycles. The molecule has 0 fully saturated rings. The smallest absolute Gasteiger partial charge is 0.420 e. The van der Waals surface area contributed by atoms with Crippen molar-refractivity contribution in [3.63, 3.8) is 0 Å². The van der Waals surface area contributed by atoms with Crippen molar-refractivity contribution < 1.29 is 42.8 Å². The first-order valence-electron chi connectivity index (χ1n) is 3.29. The van der Waals surface area contributed by atoms with Gasteiger partial charge in [-0.15, -0.1) is 0 Å². The number of carbonyl (C=O) groups excluding carboxylic acids is 1. The summed E-state index contributed by atoms with van der Waals surface area (Å²) >= 11 is 0. The first-order valence-corrected chi connectivity index (χ1v) is 4.37. The molecule has 13 heavy (non-hydrogen) atoms. The van der Waals surface area contributed by atoms with Crippen LogP contribution >= 0.6 is 0 Å². The molecule has 0 saturated carbocycles. The minimum absolute atomic E-state index is 0. The Balaban J connectivity index is 0.00000144. The van der Waals surface area contributed by atoms with Crippen LogP contribution in [0.1, 0.15) is 15.9 Å². The number of carbonyl (C=O) groups is 1. The maximum absolute atomic E-state index is 10.5. The molecule has 0 saturated heterocycles. The van der Waals surface area contributed by atoms with Gasteiger partial charge in [0, 0.05) is 5.56 Å². The van der Waals surface area contributed by atoms with Crippen molar-refractivity contribution >= 4 is 17.0 Å². The van der Waals surface area contributed by atoms with Gasteiger partial charge in [-0.05, 0) is 23.7 Å². The van der Waals surface area contributed by atoms with E-state index < -0.39 is 10.7 Å². The third kappa shape index (κ3) is 3.60. The molecule has 0 aliphatic rings. The Morgan fingerprint density at radius 3 is 2.31 bits per heavy atom. The summed E-state index contributed by atoms with van der Waals surface area (Å²) in [6.45, 7) is 1.74. The van der Waals surface area contributed by atoms with E-state index >= 15 is 0 Å². The second-order valence-corrected chi connectivity index (χ2v) is 3.37. The summed E-state index contributed by atoms with van der Waals surface area (Å²) < 4.78 is 21.0. The van der Waals surface area contributed by atoms with Gasteiger partial charge in [-0.1, -0.05) is 22.6 Å². The number of aryl methyl sites for hydroxylation is 1. The molecule has 0 unspecified atom stereocenters. The molecule has 1 aromatic carbocycles. The van der Waals surface area contributed by atoms with Crippen molar-refractivity contribution in [3.8, 4) is 0 Å². The first-order chi connectivity index (χ1) is 5.63. The summed E-state index contributed by atoms with van der Waals surface area (Å²) in [6.07, 6.45) is 0.628. The van der Waals surface area contributed by atoms with Gasteiger partial charge in [0.05, 0.1) is 0 Å². The van der Waals surface area contributed by atoms with Crippen LogP contribution in [0.5, 0.6) is 0 Å². The fourth-order valence-electron chi connectivity index (χ4n) is 0.941. The normalized spacial score (nSPS) is 9.38. The molecule has 0 bridgehead atoms. The molecule has 0 atom stereocenters. The van der Waals surface area contributed by atoms with Gasteiger partial charge in [-0.2, -0.15) is 0 Å². The summed E-state index contributed by atoms with van der Waals surface area (Å²) in [5.41, 5.74) is 1.15. The Morgan fingerprint density at radius 1 is 1.23 bits per heavy atom. The molecule has 1 aromatic rings. The molecule has 5 heteroatoms. The molecule has 1 rings (SSSR count). The molecule has 64 valence electrons. The fraction of sp³-hybridized carbons (Fsp3) is 0.125. The van der Waals surface area contributed by atoms with E-state index in [1.54, 1.807) is 13.0 Å². The van der Waals surface area contributed by atoms with Crippen LogP contribution in [-0.4, -0.2) is 6.29 Å². The fourth-order valence-corrected chi connectivity index (χ4v) is 1.46. The van der Waals surface area contributed by atoms with Gasteiger partial charge in [0.25, 0.3) is 0 Å². The summed E-state index contributed by atoms with van der Waals surface area (Å²) in [4.78, 5) is 10.5. The molecule has 0 spiro atoms. The predicted molar refractivity (Wildman–Crippen MR) is 43.6 cm³/mol. The largest absolute Gasteiger partial charge is 1.00 e. The van der Waals surface area contributed by atoms with Crippen molar-refractivity contribution in [1.29, 1.82) is 0 Å². The number of aldehydes is 1. The number of rotatable bonds is 2. The van der Waals surface area contributed by atoms with Crippen LogP contribution in [0, 0.1) is 6.92 Å². The zero-order valence-corrected chi connectivity index (χ0v) is 10.3.